The lowest BCUT2D eigenvalue weighted by Gasteiger charge is -2.35. The van der Waals surface area contributed by atoms with Crippen molar-refractivity contribution in [3.8, 4) is 0 Å². The lowest BCUT2D eigenvalue weighted by molar-refractivity contribution is -0.130. The van der Waals surface area contributed by atoms with Gasteiger partial charge in [0.1, 0.15) is 5.92 Å². The van der Waals surface area contributed by atoms with Crippen molar-refractivity contribution < 1.29 is 9.59 Å². The van der Waals surface area contributed by atoms with Crippen LogP contribution >= 0.6 is 0 Å². The highest BCUT2D eigenvalue weighted by atomic mass is 16.2. The van der Waals surface area contributed by atoms with Crippen LogP contribution in [0.5, 0.6) is 0 Å². The molecule has 0 saturated carbocycles. The van der Waals surface area contributed by atoms with Crippen molar-refractivity contribution in [1.29, 1.82) is 0 Å². The molecule has 6 nitrogen and oxygen atoms in total. The number of guanidine groups is 1. The zero-order valence-corrected chi connectivity index (χ0v) is 12.0. The molecule has 1 atom stereocenters. The third-order valence-corrected chi connectivity index (χ3v) is 3.90. The van der Waals surface area contributed by atoms with Crippen LogP contribution in [0.2, 0.25) is 0 Å². The highest BCUT2D eigenvalue weighted by molar-refractivity contribution is 6.18. The zero-order chi connectivity index (χ0) is 14.8. The lowest BCUT2D eigenvalue weighted by Crippen LogP contribution is -2.55. The number of nitrogens with one attached hydrogen (secondary N) is 1. The minimum atomic E-state index is -0.831. The molecule has 1 N–H and O–H groups in total. The van der Waals surface area contributed by atoms with Crippen LogP contribution in [-0.2, 0) is 9.59 Å². The smallest absolute Gasteiger partial charge is 0.265 e. The monoisotopic (exact) mass is 286 g/mol. The Morgan fingerprint density at radius 2 is 1.76 bits per heavy atom. The third-order valence-electron chi connectivity index (χ3n) is 3.90. The first-order valence-corrected chi connectivity index (χ1v) is 7.07. The summed E-state index contributed by atoms with van der Waals surface area (Å²) >= 11 is 0. The quantitative estimate of drug-likeness (QED) is 0.740. The number of aliphatic imine (C=N–C) groups is 1. The number of hydrogen-bond acceptors (Lipinski definition) is 4. The second-order valence-electron chi connectivity index (χ2n) is 5.40. The fraction of sp³-hybridized carbons (Fsp3) is 0.400. The molecule has 0 aliphatic carbocycles. The Hall–Kier alpha value is -2.21. The van der Waals surface area contributed by atoms with Crippen molar-refractivity contribution in [3.63, 3.8) is 0 Å². The molecule has 0 radical (unpaired) electrons. The number of nitrogens with zero attached hydrogens (tertiary/aromatic N) is 3. The second-order valence-corrected chi connectivity index (χ2v) is 5.40. The Morgan fingerprint density at radius 3 is 2.38 bits per heavy atom. The second kappa shape index (κ2) is 5.65. The van der Waals surface area contributed by atoms with Crippen LogP contribution in [0.1, 0.15) is 11.5 Å². The van der Waals surface area contributed by atoms with Crippen molar-refractivity contribution in [2.24, 2.45) is 4.99 Å². The van der Waals surface area contributed by atoms with E-state index in [1.807, 2.05) is 23.1 Å². The van der Waals surface area contributed by atoms with Gasteiger partial charge in [-0.25, -0.2) is 0 Å². The average molecular weight is 286 g/mol. The maximum Gasteiger partial charge on any atom is 0.265 e. The first kappa shape index (κ1) is 13.8. The fourth-order valence-corrected chi connectivity index (χ4v) is 2.60. The van der Waals surface area contributed by atoms with Gasteiger partial charge < -0.3 is 9.80 Å². The van der Waals surface area contributed by atoms with Gasteiger partial charge in [-0.1, -0.05) is 30.3 Å². The predicted molar refractivity (Wildman–Crippen MR) is 78.8 cm³/mol. The van der Waals surface area contributed by atoms with Crippen LogP contribution in [0.15, 0.2) is 35.3 Å². The van der Waals surface area contributed by atoms with Gasteiger partial charge in [0, 0.05) is 26.2 Å². The Kier molecular flexibility index (Phi) is 3.70. The number of carbonyl (C=O) groups is 2. The molecule has 2 aliphatic rings. The first-order valence-electron chi connectivity index (χ1n) is 7.07. The summed E-state index contributed by atoms with van der Waals surface area (Å²) < 4.78 is 0. The largest absolute Gasteiger partial charge is 0.340 e. The Morgan fingerprint density at radius 1 is 1.10 bits per heavy atom. The summed E-state index contributed by atoms with van der Waals surface area (Å²) in [6.07, 6.45) is 0. The van der Waals surface area contributed by atoms with Gasteiger partial charge in [0.05, 0.1) is 0 Å². The van der Waals surface area contributed by atoms with Crippen LogP contribution in [0.25, 0.3) is 0 Å². The molecule has 6 heteroatoms. The first-order chi connectivity index (χ1) is 10.1. The molecule has 1 unspecified atom stereocenters. The van der Waals surface area contributed by atoms with E-state index in [0.29, 0.717) is 11.5 Å². The van der Waals surface area contributed by atoms with E-state index < -0.39 is 5.92 Å². The molecule has 0 aromatic heterocycles. The highest BCUT2D eigenvalue weighted by Gasteiger charge is 2.35. The summed E-state index contributed by atoms with van der Waals surface area (Å²) in [5.41, 5.74) is 0.682. The molecule has 2 heterocycles. The van der Waals surface area contributed by atoms with Crippen molar-refractivity contribution in [2.75, 3.05) is 33.2 Å². The van der Waals surface area contributed by atoms with E-state index in [1.54, 1.807) is 12.1 Å². The van der Waals surface area contributed by atoms with Crippen molar-refractivity contribution in [1.82, 2.24) is 15.1 Å². The van der Waals surface area contributed by atoms with Crippen LogP contribution in [-0.4, -0.2) is 60.8 Å². The maximum atomic E-state index is 12.3. The van der Waals surface area contributed by atoms with E-state index in [1.165, 1.54) is 0 Å². The third kappa shape index (κ3) is 2.80. The van der Waals surface area contributed by atoms with Gasteiger partial charge >= 0.3 is 0 Å². The maximum absolute atomic E-state index is 12.3. The lowest BCUT2D eigenvalue weighted by atomic mass is 9.96. The summed E-state index contributed by atoms with van der Waals surface area (Å²) in [4.78, 5) is 32.8. The zero-order valence-electron chi connectivity index (χ0n) is 12.0. The standard InChI is InChI=1S/C15H18N4O2/c1-18-7-9-19(10-8-18)15-16-13(20)12(14(21)17-15)11-5-3-2-4-6-11/h2-6,12H,7-10H2,1H3,(H,16,17,20,21). The van der Waals surface area contributed by atoms with Gasteiger partial charge in [-0.3, -0.25) is 14.9 Å². The molecule has 21 heavy (non-hydrogen) atoms. The van der Waals surface area contributed by atoms with Crippen LogP contribution < -0.4 is 5.32 Å². The number of piperazine rings is 1. The molecule has 1 aromatic rings. The SMILES string of the molecule is CN1CCN(C2=NC(=O)C(c3ccccc3)C(=O)N2)CC1. The number of benzene rings is 1. The van der Waals surface area contributed by atoms with Crippen molar-refractivity contribution >= 4 is 17.8 Å². The van der Waals surface area contributed by atoms with Gasteiger partial charge in [-0.2, -0.15) is 4.99 Å². The van der Waals surface area contributed by atoms with Gasteiger partial charge in [0.15, 0.2) is 0 Å². The molecular formula is C15H18N4O2. The molecule has 1 aromatic carbocycles. The van der Waals surface area contributed by atoms with E-state index in [0.717, 1.165) is 26.2 Å². The van der Waals surface area contributed by atoms with Crippen LogP contribution in [0.3, 0.4) is 0 Å². The van der Waals surface area contributed by atoms with E-state index in [2.05, 4.69) is 22.3 Å². The van der Waals surface area contributed by atoms with Crippen molar-refractivity contribution in [3.05, 3.63) is 35.9 Å². The number of likely N-dealkylation sites (N-methyl/N-ethyl adjacent to an activating group) is 1. The molecule has 3 rings (SSSR count). The molecule has 1 fully saturated rings. The summed E-state index contributed by atoms with van der Waals surface area (Å²) in [6, 6.07) is 9.04. The van der Waals surface area contributed by atoms with Gasteiger partial charge in [-0.15, -0.1) is 0 Å². The van der Waals surface area contributed by atoms with Crippen LogP contribution in [0.4, 0.5) is 0 Å². The molecule has 110 valence electrons. The topological polar surface area (TPSA) is 65.0 Å². The minimum absolute atomic E-state index is 0.296. The Bertz CT molecular complexity index is 577. The molecule has 0 bridgehead atoms. The molecule has 2 amide bonds. The normalized spacial score (nSPS) is 23.8. The number of rotatable bonds is 1. The van der Waals surface area contributed by atoms with E-state index in [-0.39, 0.29) is 11.8 Å². The summed E-state index contributed by atoms with van der Waals surface area (Å²) in [6.45, 7) is 3.31. The molecule has 0 spiro atoms. The van der Waals surface area contributed by atoms with Gasteiger partial charge in [0.2, 0.25) is 11.9 Å². The average Bonchev–Trinajstić information content (AvgIpc) is 2.48. The fourth-order valence-electron chi connectivity index (χ4n) is 2.60. The molecular weight excluding hydrogens is 268 g/mol. The minimum Gasteiger partial charge on any atom is -0.340 e. The highest BCUT2D eigenvalue weighted by Crippen LogP contribution is 2.20. The summed E-state index contributed by atoms with van der Waals surface area (Å²) in [7, 11) is 2.05. The number of amides is 2. The summed E-state index contributed by atoms with van der Waals surface area (Å²) in [5.74, 6) is -1.12. The van der Waals surface area contributed by atoms with Gasteiger partial charge in [-0.05, 0) is 12.6 Å². The number of carbonyl (C=O) groups excluding carboxylic acids is 2. The number of hydrogen-bond donors (Lipinski definition) is 1. The van der Waals surface area contributed by atoms with E-state index in [9.17, 15) is 9.59 Å². The van der Waals surface area contributed by atoms with Crippen molar-refractivity contribution in [2.45, 2.75) is 5.92 Å². The van der Waals surface area contributed by atoms with Crippen LogP contribution in [0, 0.1) is 0 Å². The Labute approximate surface area is 123 Å². The Balaban J connectivity index is 1.79. The van der Waals surface area contributed by atoms with E-state index >= 15 is 0 Å². The van der Waals surface area contributed by atoms with Gasteiger partial charge in [0.25, 0.3) is 5.91 Å². The van der Waals surface area contributed by atoms with E-state index in [4.69, 9.17) is 0 Å². The molecule has 1 saturated heterocycles. The molecule has 2 aliphatic heterocycles. The predicted octanol–water partition coefficient (Wildman–Crippen LogP) is 0.0300. The summed E-state index contributed by atoms with van der Waals surface area (Å²) in [5, 5.41) is 2.78.